The molecule has 0 saturated carbocycles. The van der Waals surface area contributed by atoms with E-state index in [9.17, 15) is 0 Å². The molecule has 0 fully saturated rings. The minimum atomic E-state index is -0.306. The first-order chi connectivity index (χ1) is 16.5. The Hall–Kier alpha value is -3.62. The topological polar surface area (TPSA) is 48.8 Å². The minimum Gasteiger partial charge on any atom is -0.344 e. The number of aliphatic imine (C=N–C) groups is 2. The first kappa shape index (κ1) is 26.0. The molecule has 0 aromatic heterocycles. The second kappa shape index (κ2) is 11.2. The lowest BCUT2D eigenvalue weighted by molar-refractivity contribution is 0.584. The van der Waals surface area contributed by atoms with E-state index < -0.39 is 0 Å². The van der Waals surface area contributed by atoms with Gasteiger partial charge >= 0.3 is 0 Å². The molecule has 3 aromatic carbocycles. The summed E-state index contributed by atoms with van der Waals surface area (Å²) < 4.78 is 0. The highest BCUT2D eigenvalue weighted by Crippen LogP contribution is 2.25. The molecular formula is C31H38N4. The van der Waals surface area contributed by atoms with Gasteiger partial charge in [-0.1, -0.05) is 66.7 Å². The zero-order valence-corrected chi connectivity index (χ0v) is 22.3. The Bertz CT molecular complexity index is 1220. The molecular weight excluding hydrogens is 428 g/mol. The van der Waals surface area contributed by atoms with E-state index in [1.807, 2.05) is 18.2 Å². The van der Waals surface area contributed by atoms with E-state index in [-0.39, 0.29) is 11.6 Å². The van der Waals surface area contributed by atoms with E-state index in [0.717, 1.165) is 39.2 Å². The molecule has 182 valence electrons. The van der Waals surface area contributed by atoms with Gasteiger partial charge in [-0.15, -0.1) is 0 Å². The van der Waals surface area contributed by atoms with Crippen molar-refractivity contribution in [2.75, 3.05) is 10.6 Å². The maximum absolute atomic E-state index is 5.08. The molecule has 4 heteroatoms. The normalized spacial score (nSPS) is 12.5. The lowest BCUT2D eigenvalue weighted by atomic mass is 10.1. The molecule has 1 atom stereocenters. The van der Waals surface area contributed by atoms with E-state index in [4.69, 9.17) is 9.98 Å². The molecule has 0 bridgehead atoms. The first-order valence-electron chi connectivity index (χ1n) is 12.2. The highest BCUT2D eigenvalue weighted by Gasteiger charge is 2.18. The summed E-state index contributed by atoms with van der Waals surface area (Å²) in [7, 11) is 0. The van der Waals surface area contributed by atoms with Gasteiger partial charge in [0.05, 0.1) is 11.6 Å². The third-order valence-corrected chi connectivity index (χ3v) is 5.79. The largest absolute Gasteiger partial charge is 0.344 e. The van der Waals surface area contributed by atoms with Gasteiger partial charge in [-0.25, -0.2) is 4.99 Å². The van der Waals surface area contributed by atoms with Gasteiger partial charge in [-0.05, 0) is 83.2 Å². The highest BCUT2D eigenvalue weighted by molar-refractivity contribution is 6.15. The average molecular weight is 467 g/mol. The number of anilines is 2. The fourth-order valence-electron chi connectivity index (χ4n) is 3.86. The third-order valence-electron chi connectivity index (χ3n) is 5.79. The molecule has 35 heavy (non-hydrogen) atoms. The fourth-order valence-corrected chi connectivity index (χ4v) is 3.86. The minimum absolute atomic E-state index is 0.0398. The number of hydrogen-bond acceptors (Lipinski definition) is 3. The molecule has 3 aromatic rings. The summed E-state index contributed by atoms with van der Waals surface area (Å²) in [6, 6.07) is 22.8. The van der Waals surface area contributed by atoms with E-state index in [1.54, 1.807) is 0 Å². The van der Waals surface area contributed by atoms with Crippen molar-refractivity contribution < 1.29 is 0 Å². The Morgan fingerprint density at radius 2 is 1.20 bits per heavy atom. The second-order valence-electron chi connectivity index (χ2n) is 10.1. The Morgan fingerprint density at radius 3 is 1.69 bits per heavy atom. The van der Waals surface area contributed by atoms with Crippen molar-refractivity contribution in [2.45, 2.75) is 67.0 Å². The van der Waals surface area contributed by atoms with Gasteiger partial charge in [0.1, 0.15) is 5.70 Å². The maximum Gasteiger partial charge on any atom is 0.160 e. The van der Waals surface area contributed by atoms with E-state index >= 15 is 0 Å². The Balaban J connectivity index is 2.17. The first-order valence-corrected chi connectivity index (χ1v) is 12.2. The van der Waals surface area contributed by atoms with Gasteiger partial charge < -0.3 is 10.6 Å². The monoisotopic (exact) mass is 466 g/mol. The zero-order valence-electron chi connectivity index (χ0n) is 22.3. The van der Waals surface area contributed by atoms with Crippen molar-refractivity contribution in [2.24, 2.45) is 9.98 Å². The zero-order chi connectivity index (χ0) is 25.6. The number of hydrogen-bond donors (Lipinski definition) is 2. The molecule has 0 amide bonds. The number of rotatable bonds is 6. The van der Waals surface area contributed by atoms with Gasteiger partial charge in [-0.3, -0.25) is 4.99 Å². The molecule has 0 unspecified atom stereocenters. The second-order valence-corrected chi connectivity index (χ2v) is 10.1. The molecule has 0 saturated heterocycles. The quantitative estimate of drug-likeness (QED) is 0.286. The third kappa shape index (κ3) is 7.18. The van der Waals surface area contributed by atoms with Gasteiger partial charge in [0.15, 0.2) is 5.84 Å². The molecule has 0 heterocycles. The van der Waals surface area contributed by atoms with Crippen molar-refractivity contribution in [1.29, 1.82) is 0 Å². The van der Waals surface area contributed by atoms with Crippen LogP contribution >= 0.6 is 0 Å². The number of para-hydroxylation sites is 2. The van der Waals surface area contributed by atoms with Crippen LogP contribution in [0.5, 0.6) is 0 Å². The molecule has 0 aliphatic carbocycles. The number of benzene rings is 3. The standard InChI is InChI=1S/C31H38N4/c1-21-14-12-15-22(2)28(21)33-27(20-32-25(5)26-18-10-9-11-19-26)30(35-31(6,7)8)34-29-23(3)16-13-17-24(29)4/h9-19,25,33H,1-8H3,(H,34,35)/t25-/m1/s1. The Morgan fingerprint density at radius 1 is 0.714 bits per heavy atom. The van der Waals surface area contributed by atoms with Crippen LogP contribution in [-0.4, -0.2) is 17.2 Å². The summed E-state index contributed by atoms with van der Waals surface area (Å²) in [6.07, 6.45) is 0. The van der Waals surface area contributed by atoms with Crippen LogP contribution in [0.1, 0.15) is 61.6 Å². The summed E-state index contributed by atoms with van der Waals surface area (Å²) >= 11 is 0. The molecule has 0 aliphatic rings. The molecule has 3 rings (SSSR count). The smallest absolute Gasteiger partial charge is 0.160 e. The van der Waals surface area contributed by atoms with Gasteiger partial charge in [0, 0.05) is 17.2 Å². The molecule has 0 spiro atoms. The van der Waals surface area contributed by atoms with E-state index in [1.165, 1.54) is 0 Å². The van der Waals surface area contributed by atoms with Crippen LogP contribution in [0.3, 0.4) is 0 Å². The van der Waals surface area contributed by atoms with Crippen molar-refractivity contribution in [3.05, 3.63) is 100 Å². The summed E-state index contributed by atoms with van der Waals surface area (Å²) in [5, 5.41) is 7.25. The number of nitrogens with zero attached hydrogens (tertiary/aromatic N) is 2. The SMILES string of the molecule is Cc1cccc(C)c1NC(=C=N[C@H](C)c1ccccc1)C(=NC(C)(C)C)Nc1c(C)cccc1C. The predicted octanol–water partition coefficient (Wildman–Crippen LogP) is 7.96. The number of aryl methyl sites for hydroxylation is 4. The number of nitrogens with one attached hydrogen (secondary N) is 2. The van der Waals surface area contributed by atoms with Crippen molar-refractivity contribution in [3.63, 3.8) is 0 Å². The van der Waals surface area contributed by atoms with Gasteiger partial charge in [-0.2, -0.15) is 0 Å². The van der Waals surface area contributed by atoms with Crippen LogP contribution in [0.2, 0.25) is 0 Å². The van der Waals surface area contributed by atoms with Crippen LogP contribution < -0.4 is 10.6 Å². The lowest BCUT2D eigenvalue weighted by Crippen LogP contribution is -2.27. The average Bonchev–Trinajstić information content (AvgIpc) is 2.80. The van der Waals surface area contributed by atoms with Crippen LogP contribution in [0.15, 0.2) is 82.4 Å². The van der Waals surface area contributed by atoms with E-state index in [0.29, 0.717) is 11.5 Å². The summed E-state index contributed by atoms with van der Waals surface area (Å²) in [6.45, 7) is 16.8. The van der Waals surface area contributed by atoms with Gasteiger partial charge in [0.25, 0.3) is 0 Å². The summed E-state index contributed by atoms with van der Waals surface area (Å²) in [5.74, 6) is 4.05. The summed E-state index contributed by atoms with van der Waals surface area (Å²) in [5.41, 5.74) is 8.27. The molecule has 0 radical (unpaired) electrons. The van der Waals surface area contributed by atoms with Crippen LogP contribution in [0, 0.1) is 27.7 Å². The van der Waals surface area contributed by atoms with Crippen LogP contribution in [0.25, 0.3) is 0 Å². The van der Waals surface area contributed by atoms with Crippen LogP contribution in [-0.2, 0) is 0 Å². The molecule has 0 aliphatic heterocycles. The Kier molecular flexibility index (Phi) is 8.32. The van der Waals surface area contributed by atoms with Crippen molar-refractivity contribution in [3.8, 4) is 0 Å². The maximum atomic E-state index is 5.08. The fraction of sp³-hybridized carbons (Fsp3) is 0.323. The van der Waals surface area contributed by atoms with Crippen molar-refractivity contribution >= 4 is 23.1 Å². The molecule has 4 nitrogen and oxygen atoms in total. The number of amidine groups is 1. The molecule has 2 N–H and O–H groups in total. The lowest BCUT2D eigenvalue weighted by Gasteiger charge is -2.22. The van der Waals surface area contributed by atoms with Crippen molar-refractivity contribution in [1.82, 2.24) is 0 Å². The van der Waals surface area contributed by atoms with Gasteiger partial charge in [0.2, 0.25) is 0 Å². The predicted molar refractivity (Wildman–Crippen MR) is 152 cm³/mol. The summed E-state index contributed by atoms with van der Waals surface area (Å²) in [4.78, 5) is 9.89. The van der Waals surface area contributed by atoms with Crippen LogP contribution in [0.4, 0.5) is 11.4 Å². The highest BCUT2D eigenvalue weighted by atomic mass is 15.1. The Labute approximate surface area is 210 Å². The van der Waals surface area contributed by atoms with E-state index in [2.05, 4.69) is 120 Å².